The topological polar surface area (TPSA) is 90.9 Å². The summed E-state index contributed by atoms with van der Waals surface area (Å²) in [5.74, 6) is 0.0319. The Bertz CT molecular complexity index is 1150. The summed E-state index contributed by atoms with van der Waals surface area (Å²) in [6.45, 7) is 0. The summed E-state index contributed by atoms with van der Waals surface area (Å²) in [7, 11) is 0. The first kappa shape index (κ1) is 15.9. The van der Waals surface area contributed by atoms with Crippen LogP contribution in [-0.2, 0) is 6.18 Å². The number of aromatic nitrogens is 7. The molecule has 0 fully saturated rings. The number of alkyl halides is 3. The lowest BCUT2D eigenvalue weighted by molar-refractivity contribution is -0.137. The first-order valence-electron chi connectivity index (χ1n) is 7.22. The number of hydrogen-bond acceptors (Lipinski definition) is 6. The molecule has 0 aliphatic heterocycles. The van der Waals surface area contributed by atoms with Gasteiger partial charge in [0.1, 0.15) is 11.3 Å². The zero-order chi connectivity index (χ0) is 18.3. The Balaban J connectivity index is 1.91. The molecule has 0 unspecified atom stereocenters. The van der Waals surface area contributed by atoms with Gasteiger partial charge in [0.05, 0.1) is 29.7 Å². The highest BCUT2D eigenvalue weighted by Gasteiger charge is 2.31. The predicted octanol–water partition coefficient (Wildman–Crippen LogP) is 1.75. The van der Waals surface area contributed by atoms with E-state index < -0.39 is 17.4 Å². The molecular formula is C15H8F3N7O. The van der Waals surface area contributed by atoms with E-state index in [0.29, 0.717) is 17.4 Å². The van der Waals surface area contributed by atoms with Crippen LogP contribution in [0.5, 0.6) is 0 Å². The summed E-state index contributed by atoms with van der Waals surface area (Å²) in [5, 5.41) is 8.00. The van der Waals surface area contributed by atoms with E-state index in [0.717, 1.165) is 16.5 Å². The van der Waals surface area contributed by atoms with E-state index in [2.05, 4.69) is 25.1 Å². The van der Waals surface area contributed by atoms with Crippen molar-refractivity contribution in [1.82, 2.24) is 34.3 Å². The van der Waals surface area contributed by atoms with Gasteiger partial charge in [-0.05, 0) is 18.2 Å². The minimum Gasteiger partial charge on any atom is -0.262 e. The molecule has 0 N–H and O–H groups in total. The number of rotatable bonds is 2. The number of pyridine rings is 2. The molecule has 26 heavy (non-hydrogen) atoms. The fraction of sp³-hybridized carbons (Fsp3) is 0.0667. The first-order chi connectivity index (χ1) is 12.4. The van der Waals surface area contributed by atoms with Crippen molar-refractivity contribution in [2.75, 3.05) is 0 Å². The second-order valence-corrected chi connectivity index (χ2v) is 5.18. The van der Waals surface area contributed by atoms with E-state index in [9.17, 15) is 18.0 Å². The van der Waals surface area contributed by atoms with E-state index in [1.54, 1.807) is 6.07 Å². The molecule has 0 aliphatic carbocycles. The molecule has 4 aromatic rings. The van der Waals surface area contributed by atoms with E-state index >= 15 is 0 Å². The Kier molecular flexibility index (Phi) is 3.49. The van der Waals surface area contributed by atoms with Crippen molar-refractivity contribution in [2.24, 2.45) is 0 Å². The molecule has 0 saturated carbocycles. The Morgan fingerprint density at radius 3 is 2.46 bits per heavy atom. The highest BCUT2D eigenvalue weighted by atomic mass is 19.4. The molecule has 0 radical (unpaired) electrons. The maximum absolute atomic E-state index is 12.8. The third kappa shape index (κ3) is 2.68. The molecule has 0 bridgehead atoms. The summed E-state index contributed by atoms with van der Waals surface area (Å²) in [6.07, 6.45) is 1.96. The Morgan fingerprint density at radius 2 is 1.73 bits per heavy atom. The zero-order valence-electron chi connectivity index (χ0n) is 12.8. The molecular weight excluding hydrogens is 351 g/mol. The van der Waals surface area contributed by atoms with Crippen molar-refractivity contribution < 1.29 is 13.2 Å². The average Bonchev–Trinajstić information content (AvgIpc) is 3.15. The lowest BCUT2D eigenvalue weighted by atomic mass is 10.2. The van der Waals surface area contributed by atoms with Gasteiger partial charge in [0, 0.05) is 12.4 Å². The van der Waals surface area contributed by atoms with Gasteiger partial charge in [0.2, 0.25) is 0 Å². The van der Waals surface area contributed by atoms with Crippen LogP contribution in [0, 0.1) is 0 Å². The molecule has 4 aromatic heterocycles. The van der Waals surface area contributed by atoms with Gasteiger partial charge in [-0.25, -0.2) is 9.78 Å². The van der Waals surface area contributed by atoms with Gasteiger partial charge in [0.15, 0.2) is 5.82 Å². The first-order valence-corrected chi connectivity index (χ1v) is 7.22. The zero-order valence-corrected chi connectivity index (χ0v) is 12.8. The van der Waals surface area contributed by atoms with E-state index in [1.165, 1.54) is 29.6 Å². The minimum atomic E-state index is -4.57. The Labute approximate surface area is 142 Å². The van der Waals surface area contributed by atoms with Gasteiger partial charge in [-0.15, -0.1) is 4.80 Å². The molecule has 4 heterocycles. The van der Waals surface area contributed by atoms with Crippen molar-refractivity contribution in [1.29, 1.82) is 0 Å². The van der Waals surface area contributed by atoms with Crippen LogP contribution >= 0.6 is 0 Å². The summed E-state index contributed by atoms with van der Waals surface area (Å²) in [4.78, 5) is 25.5. The number of nitrogens with zero attached hydrogens (tertiary/aromatic N) is 7. The highest BCUT2D eigenvalue weighted by molar-refractivity contribution is 5.66. The average molecular weight is 359 g/mol. The van der Waals surface area contributed by atoms with Crippen LogP contribution in [0.4, 0.5) is 13.2 Å². The van der Waals surface area contributed by atoms with E-state index in [-0.39, 0.29) is 11.5 Å². The van der Waals surface area contributed by atoms with Crippen molar-refractivity contribution in [3.63, 3.8) is 0 Å². The fourth-order valence-corrected chi connectivity index (χ4v) is 2.38. The lowest BCUT2D eigenvalue weighted by Crippen LogP contribution is -2.21. The Hall–Kier alpha value is -3.63. The maximum atomic E-state index is 12.8. The molecule has 130 valence electrons. The smallest absolute Gasteiger partial charge is 0.262 e. The molecule has 11 heteroatoms. The highest BCUT2D eigenvalue weighted by Crippen LogP contribution is 2.29. The minimum absolute atomic E-state index is 0.0317. The van der Waals surface area contributed by atoms with Gasteiger partial charge in [-0.2, -0.15) is 28.4 Å². The van der Waals surface area contributed by atoms with Gasteiger partial charge in [-0.1, -0.05) is 0 Å². The normalized spacial score (nSPS) is 11.8. The van der Waals surface area contributed by atoms with Crippen LogP contribution in [0.3, 0.4) is 0 Å². The third-order valence-electron chi connectivity index (χ3n) is 3.56. The molecule has 0 saturated heterocycles. The second kappa shape index (κ2) is 5.72. The monoisotopic (exact) mass is 359 g/mol. The molecule has 4 rings (SSSR count). The van der Waals surface area contributed by atoms with Gasteiger partial charge in [0.25, 0.3) is 0 Å². The molecule has 0 atom stereocenters. The van der Waals surface area contributed by atoms with E-state index in [4.69, 9.17) is 0 Å². The van der Waals surface area contributed by atoms with Gasteiger partial charge >= 0.3 is 11.9 Å². The van der Waals surface area contributed by atoms with Crippen LogP contribution in [0.15, 0.2) is 54.0 Å². The quantitative estimate of drug-likeness (QED) is 0.542. The molecule has 0 aliphatic rings. The van der Waals surface area contributed by atoms with Crippen molar-refractivity contribution in [3.05, 3.63) is 65.2 Å². The summed E-state index contributed by atoms with van der Waals surface area (Å²) < 4.78 is 39.2. The fourth-order valence-electron chi connectivity index (χ4n) is 2.38. The van der Waals surface area contributed by atoms with Gasteiger partial charge < -0.3 is 0 Å². The van der Waals surface area contributed by atoms with Crippen LogP contribution in [-0.4, -0.2) is 34.3 Å². The lowest BCUT2D eigenvalue weighted by Gasteiger charge is -2.10. The summed E-state index contributed by atoms with van der Waals surface area (Å²) in [6, 6.07) is 3.53. The van der Waals surface area contributed by atoms with E-state index in [1.807, 2.05) is 0 Å². The predicted molar refractivity (Wildman–Crippen MR) is 82.4 cm³/mol. The summed E-state index contributed by atoms with van der Waals surface area (Å²) in [5.41, 5.74) is -0.978. The number of fused-ring (bicyclic) bond motifs is 1. The largest absolute Gasteiger partial charge is 0.417 e. The van der Waals surface area contributed by atoms with Crippen LogP contribution in [0.1, 0.15) is 5.56 Å². The molecule has 0 amide bonds. The number of hydrogen-bond donors (Lipinski definition) is 0. The maximum Gasteiger partial charge on any atom is 0.417 e. The number of halogens is 3. The van der Waals surface area contributed by atoms with Crippen LogP contribution in [0.2, 0.25) is 0 Å². The van der Waals surface area contributed by atoms with Crippen molar-refractivity contribution >= 4 is 5.65 Å². The molecule has 0 aromatic carbocycles. The molecule has 8 nitrogen and oxygen atoms in total. The third-order valence-corrected chi connectivity index (χ3v) is 3.56. The van der Waals surface area contributed by atoms with Crippen molar-refractivity contribution in [2.45, 2.75) is 6.18 Å². The Morgan fingerprint density at radius 1 is 0.962 bits per heavy atom. The molecule has 0 spiro atoms. The SMILES string of the molecule is O=c1nc(-c2ccncc2-n2nccn2)nc2ccc(C(F)(F)F)cn12. The second-order valence-electron chi connectivity index (χ2n) is 5.18. The van der Waals surface area contributed by atoms with Crippen LogP contribution in [0.25, 0.3) is 22.7 Å². The summed E-state index contributed by atoms with van der Waals surface area (Å²) >= 11 is 0. The van der Waals surface area contributed by atoms with Crippen molar-refractivity contribution in [3.8, 4) is 17.1 Å². The standard InChI is InChI=1S/C15H8F3N7O/c16-15(17,18)9-1-2-12-22-13(23-14(26)24(12)8-9)10-3-4-19-7-11(10)25-20-5-6-21-25/h1-8H. The van der Waals surface area contributed by atoms with Gasteiger partial charge in [-0.3, -0.25) is 9.38 Å². The van der Waals surface area contributed by atoms with Crippen LogP contribution < -0.4 is 5.69 Å².